The molecule has 1 N–H and O–H groups in total. The summed E-state index contributed by atoms with van der Waals surface area (Å²) in [5.74, 6) is 0.723. The topological polar surface area (TPSA) is 80.8 Å². The average molecular weight is 458 g/mol. The van der Waals surface area contributed by atoms with E-state index in [1.165, 1.54) is 16.2 Å². The number of fused-ring (bicyclic) bond motifs is 1. The molecular weight excluding hydrogens is 438 g/mol. The summed E-state index contributed by atoms with van der Waals surface area (Å²) < 4.78 is 10.7. The fourth-order valence-electron chi connectivity index (χ4n) is 3.72. The van der Waals surface area contributed by atoms with Crippen molar-refractivity contribution in [3.05, 3.63) is 83.2 Å². The number of carbonyl (C=O) groups excluding carboxylic acids is 2. The lowest BCUT2D eigenvalue weighted by Crippen LogP contribution is -2.29. The Balaban J connectivity index is 1.42. The number of nitrogens with one attached hydrogen (secondary N) is 1. The standard InChI is InChI=1S/C25H19N3O4S/c1-31-17-10-11-22(32-2)20(13-17)26-25-27-21(14-33-25)15-6-5-7-16(12-15)28-23(29)18-8-3-4-9-19(18)24(28)30/h3-14H,1-2H3,(H,26,27). The first-order valence-electron chi connectivity index (χ1n) is 10.1. The first-order chi connectivity index (χ1) is 16.1. The van der Waals surface area contributed by atoms with E-state index in [0.717, 1.165) is 16.9 Å². The van der Waals surface area contributed by atoms with E-state index in [9.17, 15) is 9.59 Å². The minimum atomic E-state index is -0.321. The zero-order valence-corrected chi connectivity index (χ0v) is 18.7. The van der Waals surface area contributed by atoms with Crippen molar-refractivity contribution in [2.24, 2.45) is 0 Å². The van der Waals surface area contributed by atoms with E-state index in [2.05, 4.69) is 10.3 Å². The zero-order chi connectivity index (χ0) is 22.9. The third kappa shape index (κ3) is 3.70. The maximum Gasteiger partial charge on any atom is 0.266 e. The molecule has 1 aromatic heterocycles. The molecule has 33 heavy (non-hydrogen) atoms. The van der Waals surface area contributed by atoms with E-state index < -0.39 is 0 Å². The zero-order valence-electron chi connectivity index (χ0n) is 17.9. The Morgan fingerprint density at radius 1 is 0.879 bits per heavy atom. The summed E-state index contributed by atoms with van der Waals surface area (Å²) in [6.45, 7) is 0. The number of nitrogens with zero attached hydrogens (tertiary/aromatic N) is 2. The van der Waals surface area contributed by atoms with E-state index in [1.54, 1.807) is 50.6 Å². The van der Waals surface area contributed by atoms with Crippen molar-refractivity contribution in [1.82, 2.24) is 4.98 Å². The quantitative estimate of drug-likeness (QED) is 0.392. The molecule has 0 aliphatic carbocycles. The summed E-state index contributed by atoms with van der Waals surface area (Å²) in [5, 5.41) is 5.85. The third-order valence-corrected chi connectivity index (χ3v) is 6.10. The molecule has 0 atom stereocenters. The van der Waals surface area contributed by atoms with Gasteiger partial charge >= 0.3 is 0 Å². The second-order valence-electron chi connectivity index (χ2n) is 7.27. The van der Waals surface area contributed by atoms with Gasteiger partial charge in [0.25, 0.3) is 11.8 Å². The minimum Gasteiger partial charge on any atom is -0.497 e. The molecule has 1 aliphatic heterocycles. The van der Waals surface area contributed by atoms with Crippen molar-refractivity contribution in [2.75, 3.05) is 24.4 Å². The number of methoxy groups -OCH3 is 2. The highest BCUT2D eigenvalue weighted by atomic mass is 32.1. The van der Waals surface area contributed by atoms with E-state index in [4.69, 9.17) is 9.47 Å². The van der Waals surface area contributed by atoms with Crippen LogP contribution in [0.3, 0.4) is 0 Å². The van der Waals surface area contributed by atoms with Crippen LogP contribution in [0.5, 0.6) is 11.5 Å². The Hall–Kier alpha value is -4.17. The van der Waals surface area contributed by atoms with E-state index in [-0.39, 0.29) is 11.8 Å². The van der Waals surface area contributed by atoms with E-state index in [0.29, 0.717) is 33.4 Å². The van der Waals surface area contributed by atoms with Gasteiger partial charge in [-0.3, -0.25) is 9.59 Å². The van der Waals surface area contributed by atoms with Gasteiger partial charge in [-0.25, -0.2) is 9.88 Å². The molecule has 0 fully saturated rings. The fourth-order valence-corrected chi connectivity index (χ4v) is 4.45. The highest BCUT2D eigenvalue weighted by molar-refractivity contribution is 7.14. The number of hydrogen-bond acceptors (Lipinski definition) is 7. The van der Waals surface area contributed by atoms with Crippen LogP contribution < -0.4 is 19.7 Å². The SMILES string of the molecule is COc1ccc(OC)c(Nc2nc(-c3cccc(N4C(=O)c5ccccc5C4=O)c3)cs2)c1. The van der Waals surface area contributed by atoms with Crippen LogP contribution in [-0.4, -0.2) is 31.0 Å². The Labute approximate surface area is 194 Å². The van der Waals surface area contributed by atoms with Crippen molar-refractivity contribution >= 4 is 39.7 Å². The van der Waals surface area contributed by atoms with Crippen LogP contribution in [0.1, 0.15) is 20.7 Å². The minimum absolute atomic E-state index is 0.321. The van der Waals surface area contributed by atoms with Crippen molar-refractivity contribution in [1.29, 1.82) is 0 Å². The summed E-state index contributed by atoms with van der Waals surface area (Å²) in [7, 11) is 3.21. The van der Waals surface area contributed by atoms with Crippen LogP contribution in [-0.2, 0) is 0 Å². The van der Waals surface area contributed by atoms with Crippen LogP contribution in [0.25, 0.3) is 11.3 Å². The molecule has 0 unspecified atom stereocenters. The molecular formula is C25H19N3O4S. The number of amides is 2. The van der Waals surface area contributed by atoms with Gasteiger partial charge in [0.2, 0.25) is 0 Å². The lowest BCUT2D eigenvalue weighted by Gasteiger charge is -2.14. The van der Waals surface area contributed by atoms with Gasteiger partial charge in [0.1, 0.15) is 11.5 Å². The van der Waals surface area contributed by atoms with Crippen LogP contribution >= 0.6 is 11.3 Å². The first-order valence-corrected chi connectivity index (χ1v) is 11.0. The van der Waals surface area contributed by atoms with Gasteiger partial charge in [0.15, 0.2) is 5.13 Å². The molecule has 2 amide bonds. The van der Waals surface area contributed by atoms with Gasteiger partial charge < -0.3 is 14.8 Å². The first kappa shape index (κ1) is 20.7. The monoisotopic (exact) mass is 457 g/mol. The lowest BCUT2D eigenvalue weighted by atomic mass is 10.1. The summed E-state index contributed by atoms with van der Waals surface area (Å²) in [6.07, 6.45) is 0. The van der Waals surface area contributed by atoms with E-state index >= 15 is 0 Å². The van der Waals surface area contributed by atoms with Crippen LogP contribution in [0.2, 0.25) is 0 Å². The molecule has 164 valence electrons. The number of benzene rings is 3. The predicted octanol–water partition coefficient (Wildman–Crippen LogP) is 5.37. The van der Waals surface area contributed by atoms with Crippen molar-refractivity contribution in [3.8, 4) is 22.8 Å². The van der Waals surface area contributed by atoms with E-state index in [1.807, 2.05) is 35.7 Å². The number of hydrogen-bond donors (Lipinski definition) is 1. The number of anilines is 3. The van der Waals surface area contributed by atoms with Crippen molar-refractivity contribution in [2.45, 2.75) is 0 Å². The molecule has 1 aliphatic rings. The van der Waals surface area contributed by atoms with Crippen molar-refractivity contribution in [3.63, 3.8) is 0 Å². The van der Waals surface area contributed by atoms with Crippen LogP contribution in [0.15, 0.2) is 72.1 Å². The number of ether oxygens (including phenoxy) is 2. The number of thiazole rings is 1. The molecule has 5 rings (SSSR count). The normalized spacial score (nSPS) is 12.6. The summed E-state index contributed by atoms with van der Waals surface area (Å²) in [6, 6.07) is 19.6. The smallest absolute Gasteiger partial charge is 0.266 e. The third-order valence-electron chi connectivity index (χ3n) is 5.35. The second kappa shape index (κ2) is 8.40. The maximum absolute atomic E-state index is 12.8. The average Bonchev–Trinajstić information content (AvgIpc) is 3.42. The highest BCUT2D eigenvalue weighted by Gasteiger charge is 2.36. The molecule has 8 heteroatoms. The molecule has 4 aromatic rings. The molecule has 0 spiro atoms. The number of carbonyl (C=O) groups is 2. The van der Waals surface area contributed by atoms with Gasteiger partial charge in [0, 0.05) is 17.0 Å². The van der Waals surface area contributed by atoms with Crippen LogP contribution in [0, 0.1) is 0 Å². The molecule has 0 radical (unpaired) electrons. The predicted molar refractivity (Wildman–Crippen MR) is 128 cm³/mol. The lowest BCUT2D eigenvalue weighted by molar-refractivity contribution is 0.0926. The molecule has 2 heterocycles. The highest BCUT2D eigenvalue weighted by Crippen LogP contribution is 2.35. The molecule has 3 aromatic carbocycles. The van der Waals surface area contributed by atoms with Gasteiger partial charge in [0.05, 0.1) is 42.4 Å². The Morgan fingerprint density at radius 3 is 2.33 bits per heavy atom. The molecule has 7 nitrogen and oxygen atoms in total. The molecule has 0 bridgehead atoms. The second-order valence-corrected chi connectivity index (χ2v) is 8.13. The summed E-state index contributed by atoms with van der Waals surface area (Å²) in [4.78, 5) is 31.6. The Morgan fingerprint density at radius 2 is 1.64 bits per heavy atom. The number of imide groups is 1. The number of rotatable bonds is 6. The maximum atomic E-state index is 12.8. The summed E-state index contributed by atoms with van der Waals surface area (Å²) in [5.41, 5.74) is 3.60. The Kier molecular flexibility index (Phi) is 5.27. The van der Waals surface area contributed by atoms with Gasteiger partial charge in [-0.15, -0.1) is 11.3 Å². The molecule has 0 saturated carbocycles. The number of aromatic nitrogens is 1. The van der Waals surface area contributed by atoms with Crippen LogP contribution in [0.4, 0.5) is 16.5 Å². The Bertz CT molecular complexity index is 1350. The summed E-state index contributed by atoms with van der Waals surface area (Å²) >= 11 is 1.43. The van der Waals surface area contributed by atoms with Gasteiger partial charge in [-0.2, -0.15) is 0 Å². The largest absolute Gasteiger partial charge is 0.497 e. The molecule has 0 saturated heterocycles. The fraction of sp³-hybridized carbons (Fsp3) is 0.0800. The van der Waals surface area contributed by atoms with Crippen molar-refractivity contribution < 1.29 is 19.1 Å². The van der Waals surface area contributed by atoms with Gasteiger partial charge in [-0.1, -0.05) is 24.3 Å². The van der Waals surface area contributed by atoms with Gasteiger partial charge in [-0.05, 0) is 36.4 Å².